The van der Waals surface area contributed by atoms with E-state index >= 15 is 0 Å². The molecular weight excluding hydrogens is 971 g/mol. The summed E-state index contributed by atoms with van der Waals surface area (Å²) in [4.78, 5) is 154. The number of carboxylic acids is 3. The molecule has 30 nitrogen and oxygen atoms in total. The third kappa shape index (κ3) is 23.5. The minimum absolute atomic E-state index is 0.104. The zero-order valence-electron chi connectivity index (χ0n) is 40.5. The highest BCUT2D eigenvalue weighted by Gasteiger charge is 2.37. The molecule has 0 spiro atoms. The van der Waals surface area contributed by atoms with Crippen LogP contribution < -0.4 is 65.1 Å². The minimum atomic E-state index is -2.08. The van der Waals surface area contributed by atoms with E-state index in [2.05, 4.69) is 47.9 Å². The molecule has 0 saturated carbocycles. The number of rotatable bonds is 33. The summed E-state index contributed by atoms with van der Waals surface area (Å²) in [6.45, 7) is 4.64. The Balaban J connectivity index is 3.38. The van der Waals surface area contributed by atoms with Crippen molar-refractivity contribution < 1.29 is 83.1 Å². The predicted molar refractivity (Wildman–Crippen MR) is 253 cm³/mol. The number of nitrogens with one attached hydrogen (secondary N) is 10. The molecule has 0 aliphatic rings. The molecule has 406 valence electrons. The van der Waals surface area contributed by atoms with Crippen molar-refractivity contribution >= 4 is 77.0 Å². The topological polar surface area (TPSA) is 516 Å². The zero-order chi connectivity index (χ0) is 55.7. The summed E-state index contributed by atoms with van der Waals surface area (Å²) in [5.41, 5.74) is 16.3. The maximum absolute atomic E-state index is 13.9. The van der Waals surface area contributed by atoms with Crippen molar-refractivity contribution in [2.45, 2.75) is 133 Å². The average Bonchev–Trinajstić information content (AvgIpc) is 3.30. The van der Waals surface area contributed by atoms with Crippen LogP contribution in [0.25, 0.3) is 0 Å². The highest BCUT2D eigenvalue weighted by molar-refractivity contribution is 5.99. The van der Waals surface area contributed by atoms with Gasteiger partial charge in [-0.05, 0) is 56.7 Å². The predicted octanol–water partition coefficient (Wildman–Crippen LogP) is -6.22. The molecule has 1 aromatic rings. The molecule has 1 rings (SSSR count). The molecule has 0 fully saturated rings. The monoisotopic (exact) mass is 1040 g/mol. The van der Waals surface area contributed by atoms with Gasteiger partial charge in [0, 0.05) is 19.4 Å². The van der Waals surface area contributed by atoms with Gasteiger partial charge in [0.1, 0.15) is 54.1 Å². The smallest absolute Gasteiger partial charge is 0.326 e. The van der Waals surface area contributed by atoms with Gasteiger partial charge in [0.2, 0.25) is 53.2 Å². The second-order valence-corrected chi connectivity index (χ2v) is 16.8. The van der Waals surface area contributed by atoms with Crippen LogP contribution in [0.15, 0.2) is 24.3 Å². The van der Waals surface area contributed by atoms with Gasteiger partial charge in [0.15, 0.2) is 5.96 Å². The SMILES string of the molecule is CC[C@H](C)[C@H](NC(=O)[C@H](CC(=O)O)NC(=O)[C@H](CC(=O)O)NC(=O)[C@H](Cc1ccc(O)cc1)NC(=O)[C@H](CCC(N)=O)NC(=O)[C@H](C)N)C(=O)N[C@@H](C)C(=O)N[C@@H](CO)C(=O)N[C@@H](CCCNC(=N)N)C(=O)O. The van der Waals surface area contributed by atoms with Crippen molar-refractivity contribution in [2.24, 2.45) is 23.1 Å². The summed E-state index contributed by atoms with van der Waals surface area (Å²) in [5, 5.41) is 76.2. The lowest BCUT2D eigenvalue weighted by Crippen LogP contribution is -2.61. The second kappa shape index (κ2) is 31.2. The van der Waals surface area contributed by atoms with Gasteiger partial charge in [-0.2, -0.15) is 0 Å². The fraction of sp³-hybridized carbons (Fsp3) is 0.558. The van der Waals surface area contributed by atoms with Gasteiger partial charge in [0.25, 0.3) is 0 Å². The number of hydrogen-bond acceptors (Lipinski definition) is 16. The van der Waals surface area contributed by atoms with Gasteiger partial charge in [-0.1, -0.05) is 32.4 Å². The molecule has 0 bridgehead atoms. The first-order valence-corrected chi connectivity index (χ1v) is 22.7. The number of carbonyl (C=O) groups excluding carboxylic acids is 9. The fourth-order valence-corrected chi connectivity index (χ4v) is 6.39. The third-order valence-electron chi connectivity index (χ3n) is 10.7. The van der Waals surface area contributed by atoms with E-state index in [0.29, 0.717) is 5.56 Å². The quantitative estimate of drug-likeness (QED) is 0.0177. The summed E-state index contributed by atoms with van der Waals surface area (Å²) in [6.07, 6.45) is -3.31. The Hall–Kier alpha value is -8.15. The van der Waals surface area contributed by atoms with Gasteiger partial charge < -0.3 is 90.6 Å². The molecule has 0 aromatic heterocycles. The molecule has 9 amide bonds. The molecule has 21 N–H and O–H groups in total. The molecule has 1 aromatic carbocycles. The number of aliphatic hydroxyl groups excluding tert-OH is 1. The van der Waals surface area contributed by atoms with E-state index in [1.807, 2.05) is 0 Å². The van der Waals surface area contributed by atoms with Crippen LogP contribution in [0.3, 0.4) is 0 Å². The van der Waals surface area contributed by atoms with Crippen molar-refractivity contribution in [1.29, 1.82) is 5.41 Å². The summed E-state index contributed by atoms with van der Waals surface area (Å²) >= 11 is 0. The van der Waals surface area contributed by atoms with Crippen LogP contribution in [-0.2, 0) is 64.0 Å². The fourth-order valence-electron chi connectivity index (χ4n) is 6.39. The number of carboxylic acid groups (broad SMARTS) is 3. The van der Waals surface area contributed by atoms with E-state index in [9.17, 15) is 83.1 Å². The van der Waals surface area contributed by atoms with Crippen LogP contribution in [0.1, 0.15) is 78.2 Å². The Kier molecular flexibility index (Phi) is 26.9. The van der Waals surface area contributed by atoms with Crippen molar-refractivity contribution in [3.05, 3.63) is 29.8 Å². The number of aliphatic carboxylic acids is 3. The molecule has 10 atom stereocenters. The highest BCUT2D eigenvalue weighted by Crippen LogP contribution is 2.14. The number of hydrogen-bond donors (Lipinski definition) is 18. The van der Waals surface area contributed by atoms with Crippen LogP contribution in [0.2, 0.25) is 0 Å². The minimum Gasteiger partial charge on any atom is -0.508 e. The Morgan fingerprint density at radius 2 is 1.05 bits per heavy atom. The van der Waals surface area contributed by atoms with E-state index in [-0.39, 0.29) is 50.4 Å². The Labute approximate surface area is 417 Å². The lowest BCUT2D eigenvalue weighted by Gasteiger charge is -2.28. The van der Waals surface area contributed by atoms with Crippen LogP contribution in [0.5, 0.6) is 5.75 Å². The number of phenols is 1. The van der Waals surface area contributed by atoms with Crippen molar-refractivity contribution in [2.75, 3.05) is 13.2 Å². The molecule has 0 aliphatic heterocycles. The molecule has 0 aliphatic carbocycles. The van der Waals surface area contributed by atoms with E-state index in [1.165, 1.54) is 38.1 Å². The normalized spacial score (nSPS) is 14.9. The number of aromatic hydroxyl groups is 1. The second-order valence-electron chi connectivity index (χ2n) is 16.8. The standard InChI is InChI=1S/C43H67N13O17/c1-5-19(2)33(41(71)49-21(4)35(65)55-29(18-57)40(70)51-25(42(72)73)7-6-14-48-43(46)47)56-39(69)28(17-32(62)63)54-38(68)27(16-31(60)61)53-37(67)26(15-22-8-10-23(58)11-9-22)52-36(66)24(12-13-30(45)59)50-34(64)20(3)44/h8-11,19-21,24-29,33,57-58H,5-7,12-18,44H2,1-4H3,(H2,45,59)(H,49,71)(H,50,64)(H,51,70)(H,52,66)(H,53,67)(H,54,68)(H,55,65)(H,56,69)(H,60,61)(H,62,63)(H,72,73)(H4,46,47,48)/t19-,20-,21-,24-,25-,26-,27-,28-,29-,33-/m0/s1. The molecule has 30 heteroatoms. The largest absolute Gasteiger partial charge is 0.508 e. The summed E-state index contributed by atoms with van der Waals surface area (Å²) in [6, 6.07) is -9.48. The van der Waals surface area contributed by atoms with Crippen LogP contribution >= 0.6 is 0 Å². The van der Waals surface area contributed by atoms with Crippen LogP contribution in [0, 0.1) is 11.3 Å². The average molecular weight is 1040 g/mol. The van der Waals surface area contributed by atoms with E-state index in [4.69, 9.17) is 22.6 Å². The van der Waals surface area contributed by atoms with Gasteiger partial charge in [-0.3, -0.25) is 58.1 Å². The molecule has 0 saturated heterocycles. The molecular formula is C43H67N13O17. The van der Waals surface area contributed by atoms with Crippen molar-refractivity contribution in [3.63, 3.8) is 0 Å². The summed E-state index contributed by atoms with van der Waals surface area (Å²) in [7, 11) is 0. The lowest BCUT2D eigenvalue weighted by atomic mass is 9.97. The molecule has 73 heavy (non-hydrogen) atoms. The first kappa shape index (κ1) is 62.9. The number of guanidine groups is 1. The van der Waals surface area contributed by atoms with E-state index in [0.717, 1.165) is 6.92 Å². The maximum atomic E-state index is 13.9. The Morgan fingerprint density at radius 3 is 1.53 bits per heavy atom. The van der Waals surface area contributed by atoms with E-state index in [1.54, 1.807) is 6.92 Å². The van der Waals surface area contributed by atoms with Gasteiger partial charge in [-0.15, -0.1) is 0 Å². The number of nitrogens with two attached hydrogens (primary N) is 3. The van der Waals surface area contributed by atoms with E-state index < -0.39 is 157 Å². The number of benzene rings is 1. The number of primary amides is 1. The lowest BCUT2D eigenvalue weighted by molar-refractivity contribution is -0.144. The van der Waals surface area contributed by atoms with Crippen molar-refractivity contribution in [1.82, 2.24) is 47.9 Å². The number of phenolic OH excluding ortho intramolecular Hbond substituents is 1. The Morgan fingerprint density at radius 1 is 0.589 bits per heavy atom. The van der Waals surface area contributed by atoms with Gasteiger partial charge in [0.05, 0.1) is 25.5 Å². The Bertz CT molecular complexity index is 2160. The number of amides is 9. The first-order chi connectivity index (χ1) is 34.1. The van der Waals surface area contributed by atoms with Gasteiger partial charge in [-0.25, -0.2) is 4.79 Å². The summed E-state index contributed by atoms with van der Waals surface area (Å²) in [5.74, 6) is -15.9. The van der Waals surface area contributed by atoms with Crippen LogP contribution in [-0.4, -0.2) is 170 Å². The number of aliphatic hydroxyl groups is 1. The molecule has 0 unspecified atom stereocenters. The van der Waals surface area contributed by atoms with Gasteiger partial charge >= 0.3 is 17.9 Å². The number of carbonyl (C=O) groups is 12. The highest BCUT2D eigenvalue weighted by atomic mass is 16.4. The first-order valence-electron chi connectivity index (χ1n) is 22.7. The van der Waals surface area contributed by atoms with Crippen molar-refractivity contribution in [3.8, 4) is 5.75 Å². The molecule has 0 radical (unpaired) electrons. The summed E-state index contributed by atoms with van der Waals surface area (Å²) < 4.78 is 0. The molecule has 0 heterocycles. The third-order valence-corrected chi connectivity index (χ3v) is 10.7. The zero-order valence-corrected chi connectivity index (χ0v) is 40.5. The maximum Gasteiger partial charge on any atom is 0.326 e. The van der Waals surface area contributed by atoms with Crippen LogP contribution in [0.4, 0.5) is 0 Å².